The van der Waals surface area contributed by atoms with Crippen molar-refractivity contribution in [3.05, 3.63) is 102 Å². The van der Waals surface area contributed by atoms with Gasteiger partial charge in [-0.3, -0.25) is 4.79 Å². The van der Waals surface area contributed by atoms with E-state index in [-0.39, 0.29) is 29.0 Å². The zero-order chi connectivity index (χ0) is 32.6. The fraction of sp³-hybridized carbons (Fsp3) is 0.212. The summed E-state index contributed by atoms with van der Waals surface area (Å²) in [5.41, 5.74) is 0.897. The van der Waals surface area contributed by atoms with Crippen molar-refractivity contribution < 1.29 is 31.1 Å². The van der Waals surface area contributed by atoms with Crippen LogP contribution in [0.15, 0.2) is 84.9 Å². The molecule has 4 aromatic carbocycles. The van der Waals surface area contributed by atoms with Gasteiger partial charge in [-0.05, 0) is 83.9 Å². The first-order valence-electron chi connectivity index (χ1n) is 14.2. The quantitative estimate of drug-likeness (QED) is 0.201. The molecule has 7 nitrogen and oxygen atoms in total. The number of fused-ring (bicyclic) bond motifs is 1. The molecule has 1 saturated heterocycles. The number of aromatic nitrogens is 3. The first-order valence-corrected chi connectivity index (χ1v) is 14.2. The summed E-state index contributed by atoms with van der Waals surface area (Å²) in [6, 6.07) is 19.9. The maximum absolute atomic E-state index is 13.3. The predicted molar refractivity (Wildman–Crippen MR) is 161 cm³/mol. The molecule has 1 fully saturated rings. The van der Waals surface area contributed by atoms with Gasteiger partial charge in [-0.25, -0.2) is 4.98 Å². The zero-order valence-electron chi connectivity index (χ0n) is 24.3. The monoisotopic (exact) mass is 636 g/mol. The average molecular weight is 637 g/mol. The molecule has 0 saturated carbocycles. The second kappa shape index (κ2) is 12.0. The summed E-state index contributed by atoms with van der Waals surface area (Å²) in [6.07, 6.45) is -9.87. The van der Waals surface area contributed by atoms with Gasteiger partial charge in [0, 0.05) is 37.4 Å². The van der Waals surface area contributed by atoms with Gasteiger partial charge in [0.2, 0.25) is 5.95 Å². The van der Waals surface area contributed by atoms with Crippen molar-refractivity contribution in [3.63, 3.8) is 0 Å². The highest BCUT2D eigenvalue weighted by Gasteiger charge is 2.37. The van der Waals surface area contributed by atoms with E-state index in [4.69, 9.17) is 0 Å². The smallest absolute Gasteiger partial charge is 0.336 e. The summed E-state index contributed by atoms with van der Waals surface area (Å²) in [5.74, 6) is 0.202. The van der Waals surface area contributed by atoms with Crippen LogP contribution in [0.2, 0.25) is 0 Å². The number of halogens is 6. The minimum absolute atomic E-state index is 0.0234. The van der Waals surface area contributed by atoms with Crippen molar-refractivity contribution in [2.75, 3.05) is 38.5 Å². The molecule has 236 valence electrons. The number of amides is 1. The van der Waals surface area contributed by atoms with Crippen LogP contribution in [0.5, 0.6) is 0 Å². The molecule has 5 aromatic rings. The van der Waals surface area contributed by atoms with Gasteiger partial charge in [-0.2, -0.15) is 26.3 Å². The van der Waals surface area contributed by atoms with E-state index in [9.17, 15) is 31.1 Å². The van der Waals surface area contributed by atoms with Crippen LogP contribution in [0.4, 0.5) is 38.0 Å². The molecule has 1 N–H and O–H groups in total. The lowest BCUT2D eigenvalue weighted by molar-refractivity contribution is -0.143. The molecule has 6 rings (SSSR count). The molecule has 1 aliphatic heterocycles. The summed E-state index contributed by atoms with van der Waals surface area (Å²) in [4.78, 5) is 21.4. The van der Waals surface area contributed by atoms with Gasteiger partial charge >= 0.3 is 12.4 Å². The van der Waals surface area contributed by atoms with Crippen LogP contribution in [-0.2, 0) is 12.4 Å². The SMILES string of the molecule is CN1CCN(C(=O)c2ccc(Nc3nnc4ccc(-c5ccc(-c6cc(C(F)(F)F)cc(C(F)(F)F)c6)cc5)cc4n3)cc2)CC1. The van der Waals surface area contributed by atoms with Crippen molar-refractivity contribution in [2.24, 2.45) is 0 Å². The van der Waals surface area contributed by atoms with Crippen molar-refractivity contribution >= 4 is 28.6 Å². The maximum Gasteiger partial charge on any atom is 0.416 e. The maximum atomic E-state index is 13.3. The Morgan fingerprint density at radius 3 is 1.80 bits per heavy atom. The largest absolute Gasteiger partial charge is 0.416 e. The second-order valence-corrected chi connectivity index (χ2v) is 11.0. The Balaban J connectivity index is 1.20. The topological polar surface area (TPSA) is 74.2 Å². The van der Waals surface area contributed by atoms with E-state index in [0.29, 0.717) is 58.6 Å². The summed E-state index contributed by atoms with van der Waals surface area (Å²) >= 11 is 0. The third kappa shape index (κ3) is 6.79. The Bertz CT molecular complexity index is 1850. The minimum atomic E-state index is -4.93. The molecule has 1 aromatic heterocycles. The van der Waals surface area contributed by atoms with E-state index in [1.165, 1.54) is 12.1 Å². The van der Waals surface area contributed by atoms with Gasteiger partial charge in [0.05, 0.1) is 16.6 Å². The van der Waals surface area contributed by atoms with Gasteiger partial charge < -0.3 is 15.1 Å². The number of nitrogens with zero attached hydrogens (tertiary/aromatic N) is 5. The number of nitrogens with one attached hydrogen (secondary N) is 1. The number of rotatable bonds is 5. The van der Waals surface area contributed by atoms with Crippen LogP contribution in [-0.4, -0.2) is 64.1 Å². The zero-order valence-corrected chi connectivity index (χ0v) is 24.3. The van der Waals surface area contributed by atoms with Crippen molar-refractivity contribution in [1.29, 1.82) is 0 Å². The number of carbonyl (C=O) groups excluding carboxylic acids is 1. The number of hydrogen-bond donors (Lipinski definition) is 1. The number of carbonyl (C=O) groups is 1. The molecule has 13 heteroatoms. The second-order valence-electron chi connectivity index (χ2n) is 11.0. The highest BCUT2D eigenvalue weighted by molar-refractivity contribution is 5.94. The van der Waals surface area contributed by atoms with Crippen LogP contribution in [0.25, 0.3) is 33.3 Å². The van der Waals surface area contributed by atoms with Crippen LogP contribution >= 0.6 is 0 Å². The number of likely N-dealkylation sites (N-methyl/N-ethyl adjacent to an activating group) is 1. The Morgan fingerprint density at radius 1 is 0.652 bits per heavy atom. The minimum Gasteiger partial charge on any atom is -0.336 e. The molecule has 0 radical (unpaired) electrons. The standard InChI is InChI=1S/C33H26F6N6O/c1-44-12-14-45(15-13-44)30(46)22-6-9-27(10-7-22)40-31-41-29-18-23(8-11-28(29)42-43-31)20-2-4-21(5-3-20)24-16-25(32(34,35)36)19-26(17-24)33(37,38)39/h2-11,16-19H,12-15H2,1H3,(H,40,41,43). The van der Waals surface area contributed by atoms with Crippen LogP contribution in [0.3, 0.4) is 0 Å². The van der Waals surface area contributed by atoms with Crippen LogP contribution in [0.1, 0.15) is 21.5 Å². The lowest BCUT2D eigenvalue weighted by atomic mass is 9.97. The third-order valence-corrected chi connectivity index (χ3v) is 7.77. The van der Waals surface area contributed by atoms with Crippen LogP contribution in [0, 0.1) is 0 Å². The highest BCUT2D eigenvalue weighted by atomic mass is 19.4. The Kier molecular flexibility index (Phi) is 8.11. The molecule has 0 unspecified atom stereocenters. The number of hydrogen-bond acceptors (Lipinski definition) is 6. The Hall–Kier alpha value is -5.04. The molecule has 1 amide bonds. The van der Waals surface area contributed by atoms with E-state index in [1.807, 2.05) is 11.9 Å². The lowest BCUT2D eigenvalue weighted by Crippen LogP contribution is -2.47. The molecule has 0 aliphatic carbocycles. The van der Waals surface area contributed by atoms with Crippen molar-refractivity contribution in [1.82, 2.24) is 25.0 Å². The number of benzene rings is 4. The summed E-state index contributed by atoms with van der Waals surface area (Å²) in [5, 5.41) is 11.4. The fourth-order valence-electron chi connectivity index (χ4n) is 5.16. The average Bonchev–Trinajstić information content (AvgIpc) is 3.04. The fourth-order valence-corrected chi connectivity index (χ4v) is 5.16. The Morgan fingerprint density at radius 2 is 1.22 bits per heavy atom. The summed E-state index contributed by atoms with van der Waals surface area (Å²) < 4.78 is 80.0. The van der Waals surface area contributed by atoms with E-state index in [2.05, 4.69) is 25.4 Å². The molecule has 0 atom stereocenters. The highest BCUT2D eigenvalue weighted by Crippen LogP contribution is 2.39. The third-order valence-electron chi connectivity index (χ3n) is 7.77. The van der Waals surface area contributed by atoms with Crippen molar-refractivity contribution in [3.8, 4) is 22.3 Å². The van der Waals surface area contributed by atoms with Gasteiger partial charge in [-0.1, -0.05) is 30.3 Å². The van der Waals surface area contributed by atoms with E-state index in [0.717, 1.165) is 13.1 Å². The molecule has 46 heavy (non-hydrogen) atoms. The molecule has 0 bridgehead atoms. The van der Waals surface area contributed by atoms with Gasteiger partial charge in [0.1, 0.15) is 5.52 Å². The summed E-state index contributed by atoms with van der Waals surface area (Å²) in [7, 11) is 2.03. The first kappa shape index (κ1) is 31.0. The van der Waals surface area contributed by atoms with Crippen LogP contribution < -0.4 is 5.32 Å². The molecule has 1 aliphatic rings. The van der Waals surface area contributed by atoms with E-state index >= 15 is 0 Å². The molecule has 0 spiro atoms. The van der Waals surface area contributed by atoms with E-state index < -0.39 is 23.5 Å². The Labute approximate surface area is 259 Å². The van der Waals surface area contributed by atoms with Gasteiger partial charge in [0.15, 0.2) is 0 Å². The number of piperazine rings is 1. The van der Waals surface area contributed by atoms with Gasteiger partial charge in [0.25, 0.3) is 5.91 Å². The normalized spacial score (nSPS) is 14.5. The molecular weight excluding hydrogens is 610 g/mol. The first-order chi connectivity index (χ1) is 21.8. The van der Waals surface area contributed by atoms with Gasteiger partial charge in [-0.15, -0.1) is 10.2 Å². The lowest BCUT2D eigenvalue weighted by Gasteiger charge is -2.32. The number of alkyl halides is 6. The van der Waals surface area contributed by atoms with E-state index in [1.54, 1.807) is 54.6 Å². The molecule has 2 heterocycles. The predicted octanol–water partition coefficient (Wildman–Crippen LogP) is 7.53. The summed E-state index contributed by atoms with van der Waals surface area (Å²) in [6.45, 7) is 3.01. The molecular formula is C33H26F6N6O. The van der Waals surface area contributed by atoms with Crippen molar-refractivity contribution in [2.45, 2.75) is 12.4 Å². The number of anilines is 2.